The fraction of sp³-hybridized carbons (Fsp3) is 1.00. The van der Waals surface area contributed by atoms with Crippen molar-refractivity contribution in [3.8, 4) is 0 Å². The summed E-state index contributed by atoms with van der Waals surface area (Å²) in [6.45, 7) is 2.01. The van der Waals surface area contributed by atoms with E-state index in [2.05, 4.69) is 0 Å². The van der Waals surface area contributed by atoms with Crippen molar-refractivity contribution < 1.29 is 8.42 Å². The summed E-state index contributed by atoms with van der Waals surface area (Å²) in [6.07, 6.45) is 2.98. The van der Waals surface area contributed by atoms with Crippen LogP contribution in [0.1, 0.15) is 26.2 Å². The summed E-state index contributed by atoms with van der Waals surface area (Å²) in [7, 11) is 1.85. The Kier molecular flexibility index (Phi) is 1.98. The summed E-state index contributed by atoms with van der Waals surface area (Å²) in [6, 6.07) is 0. The van der Waals surface area contributed by atoms with Crippen LogP contribution in [0.15, 0.2) is 0 Å². The van der Waals surface area contributed by atoms with Crippen molar-refractivity contribution in [3.63, 3.8) is 0 Å². The molecule has 0 spiro atoms. The molecule has 1 fully saturated rings. The van der Waals surface area contributed by atoms with E-state index in [0.717, 1.165) is 19.3 Å². The zero-order chi connectivity index (χ0) is 7.83. The Labute approximate surface area is 66.0 Å². The molecule has 0 aromatic rings. The van der Waals surface area contributed by atoms with Crippen molar-refractivity contribution in [3.05, 3.63) is 0 Å². The van der Waals surface area contributed by atoms with Crippen molar-refractivity contribution in [1.82, 2.24) is 0 Å². The highest BCUT2D eigenvalue weighted by Crippen LogP contribution is 2.49. The molecule has 0 aliphatic heterocycles. The van der Waals surface area contributed by atoms with E-state index in [0.29, 0.717) is 0 Å². The van der Waals surface area contributed by atoms with Crippen LogP contribution in [0.3, 0.4) is 0 Å². The third-order valence-corrected chi connectivity index (χ3v) is 3.47. The summed E-state index contributed by atoms with van der Waals surface area (Å²) in [5, 5.41) is 0. The van der Waals surface area contributed by atoms with Crippen LogP contribution >= 0.6 is 10.7 Å². The molecule has 1 aliphatic rings. The lowest BCUT2D eigenvalue weighted by Crippen LogP contribution is -2.11. The van der Waals surface area contributed by atoms with Gasteiger partial charge in [-0.3, -0.25) is 0 Å². The van der Waals surface area contributed by atoms with Gasteiger partial charge in [0.05, 0.1) is 5.75 Å². The van der Waals surface area contributed by atoms with E-state index in [9.17, 15) is 8.42 Å². The van der Waals surface area contributed by atoms with Gasteiger partial charge in [0, 0.05) is 10.7 Å². The second kappa shape index (κ2) is 2.38. The van der Waals surface area contributed by atoms with Gasteiger partial charge in [0.25, 0.3) is 0 Å². The predicted octanol–water partition coefficient (Wildman–Crippen LogP) is 1.75. The van der Waals surface area contributed by atoms with Gasteiger partial charge >= 0.3 is 0 Å². The van der Waals surface area contributed by atoms with Gasteiger partial charge in [-0.1, -0.05) is 6.92 Å². The van der Waals surface area contributed by atoms with Gasteiger partial charge in [-0.15, -0.1) is 0 Å². The maximum absolute atomic E-state index is 10.6. The highest BCUT2D eigenvalue weighted by atomic mass is 35.7. The molecule has 1 saturated carbocycles. The standard InChI is InChI=1S/C6H11ClO2S/c1-2-6(3-4-6)5-10(7,8)9/h2-5H2,1H3. The minimum absolute atomic E-state index is 0.0561. The maximum Gasteiger partial charge on any atom is 0.233 e. The number of halogens is 1. The fourth-order valence-corrected chi connectivity index (χ4v) is 3.06. The molecule has 1 aliphatic carbocycles. The first-order valence-corrected chi connectivity index (χ1v) is 5.88. The van der Waals surface area contributed by atoms with E-state index in [4.69, 9.17) is 10.7 Å². The summed E-state index contributed by atoms with van der Waals surface area (Å²) in [4.78, 5) is 0. The highest BCUT2D eigenvalue weighted by Gasteiger charge is 2.43. The zero-order valence-corrected chi connectivity index (χ0v) is 7.50. The summed E-state index contributed by atoms with van der Waals surface area (Å²) in [5.74, 6) is 0.165. The van der Waals surface area contributed by atoms with Crippen LogP contribution in [0.4, 0.5) is 0 Å². The minimum Gasteiger partial charge on any atom is -0.212 e. The largest absolute Gasteiger partial charge is 0.233 e. The molecule has 0 aromatic heterocycles. The third-order valence-electron chi connectivity index (χ3n) is 2.19. The van der Waals surface area contributed by atoms with Gasteiger partial charge in [0.2, 0.25) is 9.05 Å². The van der Waals surface area contributed by atoms with E-state index in [1.807, 2.05) is 6.92 Å². The highest BCUT2D eigenvalue weighted by molar-refractivity contribution is 8.13. The van der Waals surface area contributed by atoms with Crippen molar-refractivity contribution in [2.45, 2.75) is 26.2 Å². The Balaban J connectivity index is 2.54. The summed E-state index contributed by atoms with van der Waals surface area (Å²) < 4.78 is 21.2. The van der Waals surface area contributed by atoms with Crippen LogP contribution in [0, 0.1) is 5.41 Å². The SMILES string of the molecule is CCC1(CS(=O)(=O)Cl)CC1. The molecule has 2 nitrogen and oxygen atoms in total. The number of hydrogen-bond donors (Lipinski definition) is 0. The average Bonchev–Trinajstić information content (AvgIpc) is 2.45. The normalized spacial score (nSPS) is 22.6. The molecule has 1 rings (SSSR count). The first-order chi connectivity index (χ1) is 4.47. The van der Waals surface area contributed by atoms with Crippen LogP contribution in [-0.4, -0.2) is 14.2 Å². The van der Waals surface area contributed by atoms with Crippen molar-refractivity contribution >= 4 is 19.7 Å². The molecule has 60 valence electrons. The van der Waals surface area contributed by atoms with Gasteiger partial charge in [0.1, 0.15) is 0 Å². The van der Waals surface area contributed by atoms with E-state index in [1.54, 1.807) is 0 Å². The molecule has 0 amide bonds. The molecule has 0 unspecified atom stereocenters. The third kappa shape index (κ3) is 2.13. The smallest absolute Gasteiger partial charge is 0.212 e. The van der Waals surface area contributed by atoms with Crippen molar-refractivity contribution in [2.75, 3.05) is 5.75 Å². The molecule has 0 aromatic carbocycles. The molecule has 0 radical (unpaired) electrons. The quantitative estimate of drug-likeness (QED) is 0.624. The molecule has 0 N–H and O–H groups in total. The first kappa shape index (κ1) is 8.34. The predicted molar refractivity (Wildman–Crippen MR) is 41.6 cm³/mol. The Hall–Kier alpha value is 0.240. The number of rotatable bonds is 3. The molecular formula is C6H11ClO2S. The van der Waals surface area contributed by atoms with Crippen molar-refractivity contribution in [1.29, 1.82) is 0 Å². The second-order valence-electron chi connectivity index (χ2n) is 3.04. The Morgan fingerprint density at radius 3 is 2.10 bits per heavy atom. The van der Waals surface area contributed by atoms with Gasteiger partial charge in [0.15, 0.2) is 0 Å². The lowest BCUT2D eigenvalue weighted by atomic mass is 10.1. The van der Waals surface area contributed by atoms with Crippen molar-refractivity contribution in [2.24, 2.45) is 5.41 Å². The maximum atomic E-state index is 10.6. The van der Waals surface area contributed by atoms with Gasteiger partial charge < -0.3 is 0 Å². The lowest BCUT2D eigenvalue weighted by Gasteiger charge is -2.07. The topological polar surface area (TPSA) is 34.1 Å². The Morgan fingerprint density at radius 2 is 2.00 bits per heavy atom. The van der Waals surface area contributed by atoms with Crippen LogP contribution in [0.5, 0.6) is 0 Å². The molecular weight excluding hydrogens is 172 g/mol. The van der Waals surface area contributed by atoms with Crippen LogP contribution in [-0.2, 0) is 9.05 Å². The Morgan fingerprint density at radius 1 is 1.50 bits per heavy atom. The monoisotopic (exact) mass is 182 g/mol. The minimum atomic E-state index is -3.26. The van der Waals surface area contributed by atoms with Crippen LogP contribution < -0.4 is 0 Å². The van der Waals surface area contributed by atoms with E-state index in [-0.39, 0.29) is 11.2 Å². The van der Waals surface area contributed by atoms with Gasteiger partial charge in [-0.05, 0) is 24.7 Å². The first-order valence-electron chi connectivity index (χ1n) is 3.40. The number of hydrogen-bond acceptors (Lipinski definition) is 2. The fourth-order valence-electron chi connectivity index (χ4n) is 1.14. The molecule has 0 saturated heterocycles. The Bertz CT molecular complexity index is 216. The van der Waals surface area contributed by atoms with E-state index < -0.39 is 9.05 Å². The molecule has 0 atom stereocenters. The zero-order valence-electron chi connectivity index (χ0n) is 5.93. The summed E-state index contributed by atoms with van der Waals surface area (Å²) in [5.41, 5.74) is 0.0561. The second-order valence-corrected chi connectivity index (χ2v) is 5.81. The molecule has 4 heteroatoms. The van der Waals surface area contributed by atoms with Gasteiger partial charge in [-0.2, -0.15) is 0 Å². The summed E-state index contributed by atoms with van der Waals surface area (Å²) >= 11 is 0. The van der Waals surface area contributed by atoms with Gasteiger partial charge in [-0.25, -0.2) is 8.42 Å². The molecule has 0 heterocycles. The van der Waals surface area contributed by atoms with E-state index >= 15 is 0 Å². The van der Waals surface area contributed by atoms with Crippen LogP contribution in [0.25, 0.3) is 0 Å². The molecule has 0 bridgehead atoms. The van der Waals surface area contributed by atoms with Crippen LogP contribution in [0.2, 0.25) is 0 Å². The lowest BCUT2D eigenvalue weighted by molar-refractivity contribution is 0.533. The molecule has 10 heavy (non-hydrogen) atoms. The average molecular weight is 183 g/mol. The van der Waals surface area contributed by atoms with E-state index in [1.165, 1.54) is 0 Å².